The lowest BCUT2D eigenvalue weighted by Gasteiger charge is -2.34. The maximum absolute atomic E-state index is 11.8. The van der Waals surface area contributed by atoms with Crippen molar-refractivity contribution in [1.82, 2.24) is 9.80 Å². The molecule has 2 aliphatic heterocycles. The van der Waals surface area contributed by atoms with Gasteiger partial charge >= 0.3 is 6.09 Å². The van der Waals surface area contributed by atoms with Gasteiger partial charge in [-0.2, -0.15) is 0 Å². The van der Waals surface area contributed by atoms with Crippen LogP contribution in [0.4, 0.5) is 4.79 Å². The van der Waals surface area contributed by atoms with Crippen LogP contribution < -0.4 is 0 Å². The number of hydrogen-bond acceptors (Lipinski definition) is 3. The molecule has 106 valence electrons. The highest BCUT2D eigenvalue weighted by atomic mass is 16.6. The normalized spacial score (nSPS) is 23.3. The second kappa shape index (κ2) is 6.59. The van der Waals surface area contributed by atoms with Gasteiger partial charge in [0.15, 0.2) is 0 Å². The van der Waals surface area contributed by atoms with Crippen molar-refractivity contribution in [2.24, 2.45) is 0 Å². The summed E-state index contributed by atoms with van der Waals surface area (Å²) in [6.07, 6.45) is 6.18. The minimum Gasteiger partial charge on any atom is -0.447 e. The SMILES string of the molecule is C=CC(=O)N1CCCCC1COC(=O)N1CCCC1. The van der Waals surface area contributed by atoms with Crippen LogP contribution in [0, 0.1) is 0 Å². The molecule has 0 N–H and O–H groups in total. The second-order valence-electron chi connectivity index (χ2n) is 5.16. The Hall–Kier alpha value is -1.52. The first-order valence-corrected chi connectivity index (χ1v) is 7.07. The van der Waals surface area contributed by atoms with Crippen LogP contribution in [0.25, 0.3) is 0 Å². The number of amides is 2. The zero-order valence-electron chi connectivity index (χ0n) is 11.3. The summed E-state index contributed by atoms with van der Waals surface area (Å²) in [5, 5.41) is 0. The molecule has 2 heterocycles. The van der Waals surface area contributed by atoms with E-state index in [0.717, 1.165) is 51.7 Å². The van der Waals surface area contributed by atoms with Gasteiger partial charge in [0.25, 0.3) is 0 Å². The van der Waals surface area contributed by atoms with Crippen LogP contribution in [0.15, 0.2) is 12.7 Å². The molecule has 1 atom stereocenters. The summed E-state index contributed by atoms with van der Waals surface area (Å²) in [6, 6.07) is 0.00537. The van der Waals surface area contributed by atoms with E-state index < -0.39 is 0 Å². The predicted molar refractivity (Wildman–Crippen MR) is 71.7 cm³/mol. The first-order chi connectivity index (χ1) is 9.22. The van der Waals surface area contributed by atoms with Crippen LogP contribution in [0.3, 0.4) is 0 Å². The van der Waals surface area contributed by atoms with Crippen LogP contribution >= 0.6 is 0 Å². The van der Waals surface area contributed by atoms with Gasteiger partial charge < -0.3 is 14.5 Å². The van der Waals surface area contributed by atoms with E-state index in [1.807, 2.05) is 0 Å². The molecule has 2 amide bonds. The van der Waals surface area contributed by atoms with Crippen LogP contribution in [0.1, 0.15) is 32.1 Å². The summed E-state index contributed by atoms with van der Waals surface area (Å²) < 4.78 is 5.35. The first-order valence-electron chi connectivity index (χ1n) is 7.07. The van der Waals surface area contributed by atoms with E-state index in [1.54, 1.807) is 9.80 Å². The Morgan fingerprint density at radius 3 is 2.53 bits per heavy atom. The fourth-order valence-electron chi connectivity index (χ4n) is 2.74. The second-order valence-corrected chi connectivity index (χ2v) is 5.16. The lowest BCUT2D eigenvalue weighted by atomic mass is 10.0. The first kappa shape index (κ1) is 13.9. The topological polar surface area (TPSA) is 49.9 Å². The third-order valence-corrected chi connectivity index (χ3v) is 3.85. The number of likely N-dealkylation sites (tertiary alicyclic amines) is 2. The Labute approximate surface area is 114 Å². The molecule has 0 radical (unpaired) electrons. The summed E-state index contributed by atoms with van der Waals surface area (Å²) in [7, 11) is 0. The molecule has 2 fully saturated rings. The summed E-state index contributed by atoms with van der Waals surface area (Å²) in [5.74, 6) is -0.0677. The largest absolute Gasteiger partial charge is 0.447 e. The number of rotatable bonds is 3. The van der Waals surface area contributed by atoms with E-state index in [2.05, 4.69) is 6.58 Å². The van der Waals surface area contributed by atoms with Crippen molar-refractivity contribution < 1.29 is 14.3 Å². The molecule has 0 aliphatic carbocycles. The Bertz CT molecular complexity index is 351. The maximum Gasteiger partial charge on any atom is 0.409 e. The lowest BCUT2D eigenvalue weighted by Crippen LogP contribution is -2.46. The number of carbonyl (C=O) groups is 2. The summed E-state index contributed by atoms with van der Waals surface area (Å²) in [5.41, 5.74) is 0. The van der Waals surface area contributed by atoms with Gasteiger partial charge in [-0.15, -0.1) is 0 Å². The molecule has 5 heteroatoms. The van der Waals surface area contributed by atoms with Crippen LogP contribution in [0.2, 0.25) is 0 Å². The van der Waals surface area contributed by atoms with Gasteiger partial charge in [-0.1, -0.05) is 6.58 Å². The minimum absolute atomic E-state index is 0.00537. The van der Waals surface area contributed by atoms with E-state index >= 15 is 0 Å². The van der Waals surface area contributed by atoms with Gasteiger partial charge in [0.1, 0.15) is 6.61 Å². The van der Waals surface area contributed by atoms with E-state index in [-0.39, 0.29) is 18.0 Å². The molecule has 2 saturated heterocycles. The van der Waals surface area contributed by atoms with Gasteiger partial charge in [0.05, 0.1) is 6.04 Å². The fourth-order valence-corrected chi connectivity index (χ4v) is 2.74. The van der Waals surface area contributed by atoms with Gasteiger partial charge in [0, 0.05) is 19.6 Å². The average Bonchev–Trinajstić information content (AvgIpc) is 2.98. The predicted octanol–water partition coefficient (Wildman–Crippen LogP) is 1.79. The van der Waals surface area contributed by atoms with Crippen molar-refractivity contribution >= 4 is 12.0 Å². The van der Waals surface area contributed by atoms with Crippen molar-refractivity contribution in [2.75, 3.05) is 26.2 Å². The molecule has 5 nitrogen and oxygen atoms in total. The number of carbonyl (C=O) groups excluding carboxylic acids is 2. The summed E-state index contributed by atoms with van der Waals surface area (Å²) in [6.45, 7) is 6.14. The zero-order chi connectivity index (χ0) is 13.7. The lowest BCUT2D eigenvalue weighted by molar-refractivity contribution is -0.130. The van der Waals surface area contributed by atoms with Gasteiger partial charge in [0.2, 0.25) is 5.91 Å². The van der Waals surface area contributed by atoms with E-state index in [9.17, 15) is 9.59 Å². The van der Waals surface area contributed by atoms with Crippen LogP contribution in [0.5, 0.6) is 0 Å². The number of ether oxygens (including phenoxy) is 1. The Morgan fingerprint density at radius 1 is 1.16 bits per heavy atom. The highest BCUT2D eigenvalue weighted by Gasteiger charge is 2.27. The van der Waals surface area contributed by atoms with Crippen molar-refractivity contribution in [3.63, 3.8) is 0 Å². The van der Waals surface area contributed by atoms with E-state index in [4.69, 9.17) is 4.74 Å². The third kappa shape index (κ3) is 3.49. The molecule has 2 rings (SSSR count). The van der Waals surface area contributed by atoms with E-state index in [1.165, 1.54) is 6.08 Å². The Kier molecular flexibility index (Phi) is 4.82. The molecule has 1 unspecified atom stereocenters. The van der Waals surface area contributed by atoms with Crippen LogP contribution in [-0.2, 0) is 9.53 Å². The quantitative estimate of drug-likeness (QED) is 0.732. The number of piperidine rings is 1. The highest BCUT2D eigenvalue weighted by Crippen LogP contribution is 2.18. The monoisotopic (exact) mass is 266 g/mol. The molecular weight excluding hydrogens is 244 g/mol. The highest BCUT2D eigenvalue weighted by molar-refractivity contribution is 5.87. The van der Waals surface area contributed by atoms with E-state index in [0.29, 0.717) is 6.61 Å². The summed E-state index contributed by atoms with van der Waals surface area (Å²) in [4.78, 5) is 27.1. The molecule has 0 saturated carbocycles. The maximum atomic E-state index is 11.8. The Balaban J connectivity index is 1.83. The molecular formula is C14H22N2O3. The van der Waals surface area contributed by atoms with Crippen LogP contribution in [-0.4, -0.2) is 54.1 Å². The Morgan fingerprint density at radius 2 is 1.84 bits per heavy atom. The van der Waals surface area contributed by atoms with Gasteiger partial charge in [-0.3, -0.25) is 4.79 Å². The van der Waals surface area contributed by atoms with Crippen molar-refractivity contribution in [2.45, 2.75) is 38.1 Å². The zero-order valence-corrected chi connectivity index (χ0v) is 11.3. The molecule has 0 aromatic heterocycles. The molecule has 2 aliphatic rings. The minimum atomic E-state index is -0.242. The molecule has 0 bridgehead atoms. The third-order valence-electron chi connectivity index (χ3n) is 3.85. The smallest absolute Gasteiger partial charge is 0.409 e. The standard InChI is InChI=1S/C14H22N2O3/c1-2-13(17)16-10-4-3-7-12(16)11-19-14(18)15-8-5-6-9-15/h2,12H,1,3-11H2. The van der Waals surface area contributed by atoms with Gasteiger partial charge in [-0.05, 0) is 38.2 Å². The fraction of sp³-hybridized carbons (Fsp3) is 0.714. The number of hydrogen-bond donors (Lipinski definition) is 0. The van der Waals surface area contributed by atoms with Crippen molar-refractivity contribution in [3.8, 4) is 0 Å². The van der Waals surface area contributed by atoms with Crippen molar-refractivity contribution in [3.05, 3.63) is 12.7 Å². The molecule has 0 aromatic carbocycles. The molecule has 0 aromatic rings. The summed E-state index contributed by atoms with van der Waals surface area (Å²) >= 11 is 0. The van der Waals surface area contributed by atoms with Gasteiger partial charge in [-0.25, -0.2) is 4.79 Å². The van der Waals surface area contributed by atoms with Crippen molar-refractivity contribution in [1.29, 1.82) is 0 Å². The molecule has 0 spiro atoms. The molecule has 19 heavy (non-hydrogen) atoms. The average molecular weight is 266 g/mol. The number of nitrogens with zero attached hydrogens (tertiary/aromatic N) is 2.